The minimum absolute atomic E-state index is 0.0252. The number of ether oxygens (including phenoxy) is 2. The molecule has 1 amide bonds. The first-order chi connectivity index (χ1) is 19.9. The molecule has 2 aromatic heterocycles. The van der Waals surface area contributed by atoms with Gasteiger partial charge in [0.2, 0.25) is 11.8 Å². The number of aryl methyl sites for hydroxylation is 1. The number of benzene rings is 1. The maximum absolute atomic E-state index is 12.4. The van der Waals surface area contributed by atoms with E-state index in [1.807, 2.05) is 37.5 Å². The zero-order valence-electron chi connectivity index (χ0n) is 25.4. The van der Waals surface area contributed by atoms with Crippen LogP contribution in [-0.2, 0) is 22.4 Å². The molecule has 1 aromatic carbocycles. The first-order valence-corrected chi connectivity index (χ1v) is 15.7. The van der Waals surface area contributed by atoms with Crippen LogP contribution in [0.15, 0.2) is 42.7 Å². The maximum Gasteiger partial charge on any atom is 0.246 e. The van der Waals surface area contributed by atoms with Crippen molar-refractivity contribution >= 4 is 17.2 Å². The number of nitrogens with zero attached hydrogens (tertiary/aromatic N) is 2. The van der Waals surface area contributed by atoms with Gasteiger partial charge < -0.3 is 25.6 Å². The molecule has 2 aliphatic rings. The summed E-state index contributed by atoms with van der Waals surface area (Å²) < 4.78 is 12.0. The van der Waals surface area contributed by atoms with Gasteiger partial charge in [-0.05, 0) is 67.7 Å². The predicted molar refractivity (Wildman–Crippen MR) is 165 cm³/mol. The third-order valence-corrected chi connectivity index (χ3v) is 9.42. The van der Waals surface area contributed by atoms with E-state index < -0.39 is 24.0 Å². The van der Waals surface area contributed by atoms with Crippen LogP contribution in [0, 0.1) is 18.3 Å². The number of rotatable bonds is 11. The van der Waals surface area contributed by atoms with E-state index in [2.05, 4.69) is 43.2 Å². The Hall–Kier alpha value is -2.85. The summed E-state index contributed by atoms with van der Waals surface area (Å²) in [5, 5.41) is 16.2. The number of aromatic nitrogens is 2. The normalized spacial score (nSPS) is 19.8. The molecular weight excluding hydrogens is 548 g/mol. The number of methoxy groups -OCH3 is 1. The highest BCUT2D eigenvalue weighted by atomic mass is 32.1. The molecule has 4 N–H and O–H groups in total. The molecule has 1 aliphatic carbocycles. The molecule has 0 bridgehead atoms. The fourth-order valence-electron chi connectivity index (χ4n) is 6.30. The second-order valence-electron chi connectivity index (χ2n) is 13.2. The molecule has 3 aromatic rings. The second-order valence-corrected chi connectivity index (χ2v) is 14.5. The summed E-state index contributed by atoms with van der Waals surface area (Å²) >= 11 is 1.63. The van der Waals surface area contributed by atoms with Crippen molar-refractivity contribution in [3.8, 4) is 16.5 Å². The van der Waals surface area contributed by atoms with Crippen LogP contribution >= 0.6 is 11.3 Å². The first-order valence-electron chi connectivity index (χ1n) is 14.9. The summed E-state index contributed by atoms with van der Waals surface area (Å²) in [5.41, 5.74) is 9.88. The van der Waals surface area contributed by atoms with E-state index in [0.29, 0.717) is 12.3 Å². The third-order valence-electron chi connectivity index (χ3n) is 8.46. The number of carbonyl (C=O) groups excluding carboxylic acids is 1. The number of nitrogens with one attached hydrogen (secondary N) is 1. The highest BCUT2D eigenvalue weighted by Crippen LogP contribution is 2.48. The fraction of sp³-hybridized carbons (Fsp3) is 0.545. The quantitative estimate of drug-likeness (QED) is 0.281. The number of fused-ring (bicyclic) bond motifs is 1. The summed E-state index contributed by atoms with van der Waals surface area (Å²) in [6, 6.07) is 10.3. The van der Waals surface area contributed by atoms with E-state index >= 15 is 0 Å². The molecule has 1 fully saturated rings. The van der Waals surface area contributed by atoms with Crippen molar-refractivity contribution in [1.29, 1.82) is 0 Å². The molecule has 1 spiro atoms. The van der Waals surface area contributed by atoms with Crippen LogP contribution in [-0.4, -0.2) is 52.4 Å². The van der Waals surface area contributed by atoms with Crippen molar-refractivity contribution in [3.05, 3.63) is 64.3 Å². The number of aliphatic hydroxyl groups excluding tert-OH is 1. The zero-order chi connectivity index (χ0) is 30.1. The lowest BCUT2D eigenvalue weighted by atomic mass is 9.73. The van der Waals surface area contributed by atoms with E-state index in [4.69, 9.17) is 20.2 Å². The Labute approximate surface area is 253 Å². The molecule has 4 atom stereocenters. The van der Waals surface area contributed by atoms with E-state index in [1.165, 1.54) is 12.7 Å². The molecule has 3 heterocycles. The maximum atomic E-state index is 12.4. The Bertz CT molecular complexity index is 1400. The van der Waals surface area contributed by atoms with Gasteiger partial charge in [-0.25, -0.2) is 9.97 Å². The lowest BCUT2D eigenvalue weighted by Crippen LogP contribution is -2.51. The van der Waals surface area contributed by atoms with Crippen LogP contribution < -0.4 is 15.8 Å². The number of carbonyl (C=O) groups is 1. The van der Waals surface area contributed by atoms with Crippen LogP contribution in [0.5, 0.6) is 5.88 Å². The lowest BCUT2D eigenvalue weighted by Gasteiger charge is -2.47. The van der Waals surface area contributed by atoms with Crippen molar-refractivity contribution in [2.75, 3.05) is 13.7 Å². The van der Waals surface area contributed by atoms with Crippen LogP contribution in [0.3, 0.4) is 0 Å². The molecular formula is C33H44N4O4S. The van der Waals surface area contributed by atoms with Crippen molar-refractivity contribution in [2.24, 2.45) is 17.1 Å². The number of primary amides is 1. The molecule has 0 radical (unpaired) electrons. The molecule has 42 heavy (non-hydrogen) atoms. The molecule has 1 saturated carbocycles. The van der Waals surface area contributed by atoms with Crippen molar-refractivity contribution < 1.29 is 19.4 Å². The molecule has 1 unspecified atom stereocenters. The average molecular weight is 593 g/mol. The van der Waals surface area contributed by atoms with Gasteiger partial charge in [0.25, 0.3) is 0 Å². The number of aliphatic hydroxyl groups is 1. The van der Waals surface area contributed by atoms with E-state index in [0.717, 1.165) is 58.7 Å². The number of pyridine rings is 1. The molecule has 9 heteroatoms. The number of amides is 1. The lowest BCUT2D eigenvalue weighted by molar-refractivity contribution is -0.134. The van der Waals surface area contributed by atoms with Gasteiger partial charge >= 0.3 is 0 Å². The summed E-state index contributed by atoms with van der Waals surface area (Å²) in [5.74, 6) is -0.451. The Morgan fingerprint density at radius 3 is 2.64 bits per heavy atom. The summed E-state index contributed by atoms with van der Waals surface area (Å²) in [6.45, 7) is 8.96. The van der Waals surface area contributed by atoms with Crippen molar-refractivity contribution in [2.45, 2.75) is 90.1 Å². The van der Waals surface area contributed by atoms with Crippen LogP contribution in [0.25, 0.3) is 10.6 Å². The van der Waals surface area contributed by atoms with Gasteiger partial charge in [0.05, 0.1) is 6.10 Å². The van der Waals surface area contributed by atoms with Gasteiger partial charge in [0.15, 0.2) is 0 Å². The monoisotopic (exact) mass is 592 g/mol. The van der Waals surface area contributed by atoms with Gasteiger partial charge in [0, 0.05) is 60.4 Å². The zero-order valence-corrected chi connectivity index (χ0v) is 26.2. The van der Waals surface area contributed by atoms with Crippen molar-refractivity contribution in [3.63, 3.8) is 0 Å². The Kier molecular flexibility index (Phi) is 9.04. The smallest absolute Gasteiger partial charge is 0.246 e. The second kappa shape index (κ2) is 12.4. The van der Waals surface area contributed by atoms with Gasteiger partial charge in [-0.1, -0.05) is 39.0 Å². The largest absolute Gasteiger partial charge is 0.471 e. The number of hydrogen-bond donors (Lipinski definition) is 3. The van der Waals surface area contributed by atoms with Crippen molar-refractivity contribution in [1.82, 2.24) is 15.3 Å². The molecule has 0 saturated heterocycles. The molecule has 8 nitrogen and oxygen atoms in total. The van der Waals surface area contributed by atoms with Crippen LogP contribution in [0.1, 0.15) is 74.1 Å². The van der Waals surface area contributed by atoms with E-state index in [-0.39, 0.29) is 23.6 Å². The summed E-state index contributed by atoms with van der Waals surface area (Å²) in [7, 11) is 1.47. The predicted octanol–water partition coefficient (Wildman–Crippen LogP) is 5.16. The van der Waals surface area contributed by atoms with E-state index in [1.54, 1.807) is 11.3 Å². The van der Waals surface area contributed by atoms with Gasteiger partial charge in [-0.3, -0.25) is 4.79 Å². The minimum atomic E-state index is -0.937. The fourth-order valence-corrected chi connectivity index (χ4v) is 7.06. The van der Waals surface area contributed by atoms with Gasteiger partial charge in [-0.2, -0.15) is 0 Å². The molecule has 226 valence electrons. The van der Waals surface area contributed by atoms with Crippen LogP contribution in [0.2, 0.25) is 0 Å². The Balaban J connectivity index is 1.36. The topological polar surface area (TPSA) is 120 Å². The number of nitrogens with two attached hydrogens (primary N) is 1. The number of hydrogen-bond acceptors (Lipinski definition) is 8. The Morgan fingerprint density at radius 2 is 2.02 bits per heavy atom. The molecule has 1 aliphatic heterocycles. The van der Waals surface area contributed by atoms with Crippen LogP contribution in [0.4, 0.5) is 0 Å². The molecule has 5 rings (SSSR count). The first kappa shape index (κ1) is 30.6. The average Bonchev–Trinajstić information content (AvgIpc) is 3.36. The highest BCUT2D eigenvalue weighted by Gasteiger charge is 2.46. The minimum Gasteiger partial charge on any atom is -0.471 e. The van der Waals surface area contributed by atoms with Gasteiger partial charge in [0.1, 0.15) is 16.7 Å². The summed E-state index contributed by atoms with van der Waals surface area (Å²) in [4.78, 5) is 22.8. The van der Waals surface area contributed by atoms with E-state index in [9.17, 15) is 9.90 Å². The Morgan fingerprint density at radius 1 is 1.24 bits per heavy atom. The summed E-state index contributed by atoms with van der Waals surface area (Å²) in [6.07, 6.45) is 7.27. The number of thiazole rings is 1. The van der Waals surface area contributed by atoms with Gasteiger partial charge in [-0.15, -0.1) is 11.3 Å². The SMILES string of the molecule is COC(C(N)=O)[C@@H](Cc1cccc(-c2ncc(C)s2)c1)[C@@H](O)CN[C@H]1CC2(CCC2)Oc2ncc(CC(C)(C)C)cc21. The third kappa shape index (κ3) is 7.02. The standard InChI is InChI=1S/C33H44N4O4S/c1-20-17-37-31(42-20)23-9-6-8-21(12-23)13-25(28(40-5)29(34)39)27(38)19-35-26-16-33(10-7-11-33)41-30-24(26)14-22(18-36-30)15-32(2,3)4/h6,8-9,12,14,17-18,25-28,35,38H,7,10-11,13,15-16,19H2,1-5H3,(H2,34,39)/t25-,26-,27-,28?/m0/s1. The highest BCUT2D eigenvalue weighted by molar-refractivity contribution is 7.14.